The molecule has 43 heavy (non-hydrogen) atoms. The van der Waals surface area contributed by atoms with E-state index in [4.69, 9.17) is 14.5 Å². The first-order chi connectivity index (χ1) is 20.2. The number of benzene rings is 2. The van der Waals surface area contributed by atoms with E-state index < -0.39 is 41.1 Å². The number of rotatable bonds is 1. The molecule has 3 N–H and O–H groups in total. The van der Waals surface area contributed by atoms with E-state index in [-0.39, 0.29) is 18.8 Å². The van der Waals surface area contributed by atoms with Gasteiger partial charge in [0.2, 0.25) is 0 Å². The smallest absolute Gasteiger partial charge is 0.408 e. The van der Waals surface area contributed by atoms with Gasteiger partial charge in [-0.25, -0.2) is 15.2 Å². The largest absolute Gasteiger partial charge is 0.508 e. The Morgan fingerprint density at radius 2 is 1.93 bits per heavy atom. The van der Waals surface area contributed by atoms with Gasteiger partial charge in [-0.2, -0.15) is 0 Å². The zero-order valence-electron chi connectivity index (χ0n) is 25.7. The topological polar surface area (TPSA) is 135 Å². The van der Waals surface area contributed by atoms with Gasteiger partial charge in [0.15, 0.2) is 0 Å². The van der Waals surface area contributed by atoms with Crippen LogP contribution in [0.2, 0.25) is 0 Å². The van der Waals surface area contributed by atoms with E-state index in [1.807, 2.05) is 45.0 Å². The van der Waals surface area contributed by atoms with Crippen molar-refractivity contribution in [1.82, 2.24) is 25.3 Å². The first-order valence-corrected chi connectivity index (χ1v) is 14.7. The van der Waals surface area contributed by atoms with Crippen molar-refractivity contribution in [2.24, 2.45) is 5.41 Å². The molecule has 11 nitrogen and oxygen atoms in total. The van der Waals surface area contributed by atoms with Crippen molar-refractivity contribution in [3.8, 4) is 16.9 Å². The molecule has 3 heterocycles. The van der Waals surface area contributed by atoms with E-state index in [0.29, 0.717) is 31.5 Å². The van der Waals surface area contributed by atoms with Crippen LogP contribution in [0.1, 0.15) is 58.8 Å². The minimum absolute atomic E-state index is 0.0372. The third kappa shape index (κ3) is 7.10. The number of alkyl carbamates (subject to hydrolysis) is 1. The molecule has 1 fully saturated rings. The number of phenols is 1. The minimum Gasteiger partial charge on any atom is -0.508 e. The van der Waals surface area contributed by atoms with Gasteiger partial charge in [-0.05, 0) is 81.5 Å². The van der Waals surface area contributed by atoms with Crippen LogP contribution in [0.3, 0.4) is 0 Å². The number of amides is 2. The van der Waals surface area contributed by atoms with Crippen LogP contribution in [-0.4, -0.2) is 68.5 Å². The Morgan fingerprint density at radius 1 is 1.16 bits per heavy atom. The van der Waals surface area contributed by atoms with E-state index in [9.17, 15) is 19.5 Å². The molecule has 3 aromatic rings. The number of fused-ring (bicyclic) bond motifs is 6. The number of hydrogen-bond acceptors (Lipinski definition) is 8. The number of ether oxygens (including phenoxy) is 2. The van der Waals surface area contributed by atoms with Crippen molar-refractivity contribution in [2.75, 3.05) is 13.2 Å². The average Bonchev–Trinajstić information content (AvgIpc) is 3.22. The number of hydrazine groups is 1. The van der Waals surface area contributed by atoms with Gasteiger partial charge in [0.1, 0.15) is 29.3 Å². The lowest BCUT2D eigenvalue weighted by atomic mass is 9.94. The molecule has 0 aliphatic carbocycles. The van der Waals surface area contributed by atoms with Gasteiger partial charge in [0, 0.05) is 24.9 Å². The predicted octanol–water partition coefficient (Wildman–Crippen LogP) is 4.23. The Kier molecular flexibility index (Phi) is 8.13. The molecule has 1 saturated heterocycles. The molecule has 6 bridgehead atoms. The Morgan fingerprint density at radius 3 is 2.67 bits per heavy atom. The summed E-state index contributed by atoms with van der Waals surface area (Å²) in [6, 6.07) is 9.34. The number of nitrogens with one attached hydrogen (secondary N) is 2. The Labute approximate surface area is 251 Å². The lowest BCUT2D eigenvalue weighted by Gasteiger charge is -2.35. The zero-order chi connectivity index (χ0) is 31.1. The summed E-state index contributed by atoms with van der Waals surface area (Å²) >= 11 is 0. The summed E-state index contributed by atoms with van der Waals surface area (Å²) in [5, 5.41) is 14.8. The molecule has 0 saturated carbocycles. The monoisotopic (exact) mass is 591 g/mol. The van der Waals surface area contributed by atoms with Crippen molar-refractivity contribution in [3.63, 3.8) is 0 Å². The summed E-state index contributed by atoms with van der Waals surface area (Å²) < 4.78 is 13.4. The van der Waals surface area contributed by atoms with Gasteiger partial charge < -0.3 is 24.5 Å². The molecule has 2 amide bonds. The second-order valence-corrected chi connectivity index (χ2v) is 13.3. The third-order valence-electron chi connectivity index (χ3n) is 7.61. The highest BCUT2D eigenvalue weighted by Crippen LogP contribution is 2.31. The number of carbonyl (C=O) groups excluding carboxylic acids is 3. The number of esters is 1. The number of aryl methyl sites for hydroxylation is 1. The van der Waals surface area contributed by atoms with Crippen LogP contribution in [0.25, 0.3) is 22.2 Å². The van der Waals surface area contributed by atoms with Gasteiger partial charge in [-0.1, -0.05) is 26.0 Å². The molecule has 1 aromatic heterocycles. The number of imidazole rings is 1. The summed E-state index contributed by atoms with van der Waals surface area (Å²) in [5.74, 6) is 0.0258. The zero-order valence-corrected chi connectivity index (χ0v) is 25.7. The Balaban J connectivity index is 1.59. The van der Waals surface area contributed by atoms with Crippen LogP contribution in [0, 0.1) is 12.3 Å². The Hall–Kier alpha value is -4.12. The summed E-state index contributed by atoms with van der Waals surface area (Å²) in [6.07, 6.45) is 0.438. The highest BCUT2D eigenvalue weighted by molar-refractivity contribution is 5.87. The van der Waals surface area contributed by atoms with E-state index in [1.165, 1.54) is 5.01 Å². The quantitative estimate of drug-likeness (QED) is 0.358. The average molecular weight is 592 g/mol. The standard InChI is InChI=1S/C32H41N5O6/c1-19-33-24-10-9-21-16-27(24)36(19)17-32(5,6)18-42-29(40)25-8-7-11-37(35-25)28(39)26(34-30(41)43-31(2,3)4)14-20-12-22(21)15-23(38)13-20/h9-10,12-13,15-16,25-26,35,38H,7-8,11,14,17-18H2,1-6H3,(H,34,41)/t25-,26-/m0/s1. The maximum absolute atomic E-state index is 13.9. The SMILES string of the molecule is Cc1nc2ccc3cc2n1CC(C)(C)COC(=O)[C@@H]1CCCN(N1)C(=O)[C@@H](NC(=O)OC(C)(C)C)Cc1cc(O)cc-3c1. The number of aromatic hydroxyl groups is 1. The lowest BCUT2D eigenvalue weighted by molar-refractivity contribution is -0.155. The fraction of sp³-hybridized carbons (Fsp3) is 0.500. The number of carbonyl (C=O) groups is 3. The van der Waals surface area contributed by atoms with Crippen LogP contribution >= 0.6 is 0 Å². The Bertz CT molecular complexity index is 1560. The molecule has 2 aliphatic rings. The summed E-state index contributed by atoms with van der Waals surface area (Å²) in [5.41, 5.74) is 5.87. The summed E-state index contributed by atoms with van der Waals surface area (Å²) in [6.45, 7) is 12.4. The number of phenolic OH excluding ortho intramolecular Hbond substituents is 1. The van der Waals surface area contributed by atoms with Crippen molar-refractivity contribution in [3.05, 3.63) is 47.8 Å². The maximum atomic E-state index is 13.9. The van der Waals surface area contributed by atoms with Crippen molar-refractivity contribution in [2.45, 2.75) is 85.0 Å². The van der Waals surface area contributed by atoms with Gasteiger partial charge in [-0.15, -0.1) is 0 Å². The second-order valence-electron chi connectivity index (χ2n) is 13.3. The molecule has 230 valence electrons. The highest BCUT2D eigenvalue weighted by Gasteiger charge is 2.35. The number of cyclic esters (lactones) is 1. The fourth-order valence-electron chi connectivity index (χ4n) is 5.61. The molecule has 0 spiro atoms. The van der Waals surface area contributed by atoms with E-state index >= 15 is 0 Å². The van der Waals surface area contributed by atoms with Crippen LogP contribution < -0.4 is 10.7 Å². The summed E-state index contributed by atoms with van der Waals surface area (Å²) in [7, 11) is 0. The van der Waals surface area contributed by atoms with Gasteiger partial charge in [-0.3, -0.25) is 14.6 Å². The first kappa shape index (κ1) is 30.3. The van der Waals surface area contributed by atoms with Crippen LogP contribution in [-0.2, 0) is 32.0 Å². The fourth-order valence-corrected chi connectivity index (χ4v) is 5.61. The minimum atomic E-state index is -1.03. The van der Waals surface area contributed by atoms with Crippen molar-refractivity contribution < 1.29 is 29.0 Å². The van der Waals surface area contributed by atoms with Crippen molar-refractivity contribution >= 4 is 29.0 Å². The van der Waals surface area contributed by atoms with Crippen LogP contribution in [0.15, 0.2) is 36.4 Å². The highest BCUT2D eigenvalue weighted by atomic mass is 16.6. The number of aromatic nitrogens is 2. The van der Waals surface area contributed by atoms with E-state index in [0.717, 1.165) is 28.0 Å². The van der Waals surface area contributed by atoms with Gasteiger partial charge in [0.25, 0.3) is 5.91 Å². The van der Waals surface area contributed by atoms with Crippen LogP contribution in [0.5, 0.6) is 5.75 Å². The number of nitrogens with zero attached hydrogens (tertiary/aromatic N) is 3. The van der Waals surface area contributed by atoms with Crippen LogP contribution in [0.4, 0.5) is 4.79 Å². The number of hydrogen-bond donors (Lipinski definition) is 3. The van der Waals surface area contributed by atoms with Gasteiger partial charge in [0.05, 0.1) is 17.6 Å². The summed E-state index contributed by atoms with van der Waals surface area (Å²) in [4.78, 5) is 44.6. The molecule has 2 aromatic carbocycles. The normalized spacial score (nSPS) is 21.2. The molecule has 11 heteroatoms. The molecule has 5 rings (SSSR count). The maximum Gasteiger partial charge on any atom is 0.408 e. The van der Waals surface area contributed by atoms with Gasteiger partial charge >= 0.3 is 12.1 Å². The van der Waals surface area contributed by atoms with E-state index in [1.54, 1.807) is 32.9 Å². The molecule has 0 radical (unpaired) electrons. The molecule has 2 aliphatic heterocycles. The molecule has 0 unspecified atom stereocenters. The first-order valence-electron chi connectivity index (χ1n) is 14.7. The van der Waals surface area contributed by atoms with E-state index in [2.05, 4.69) is 15.3 Å². The van der Waals surface area contributed by atoms with Crippen molar-refractivity contribution in [1.29, 1.82) is 0 Å². The molecular weight excluding hydrogens is 550 g/mol. The lowest BCUT2D eigenvalue weighted by Crippen LogP contribution is -2.60. The molecular formula is C32H41N5O6. The third-order valence-corrected chi connectivity index (χ3v) is 7.61. The second kappa shape index (κ2) is 11.5. The molecule has 2 atom stereocenters. The predicted molar refractivity (Wildman–Crippen MR) is 161 cm³/mol.